The molecule has 0 radical (unpaired) electrons. The Kier molecular flexibility index (Phi) is 5.55. The predicted molar refractivity (Wildman–Crippen MR) is 122 cm³/mol. The van der Waals surface area contributed by atoms with Crippen molar-refractivity contribution in [1.82, 2.24) is 4.98 Å². The first-order valence-corrected chi connectivity index (χ1v) is 11.9. The fraction of sp³-hybridized carbons (Fsp3) is 0.182. The number of rotatable bonds is 6. The lowest BCUT2D eigenvalue weighted by molar-refractivity contribution is -0.121. The lowest BCUT2D eigenvalue weighted by Crippen LogP contribution is -2.38. The van der Waals surface area contributed by atoms with E-state index >= 15 is 0 Å². The fourth-order valence-corrected chi connectivity index (χ4v) is 5.61. The van der Waals surface area contributed by atoms with Crippen LogP contribution in [0.1, 0.15) is 11.1 Å². The van der Waals surface area contributed by atoms with Gasteiger partial charge in [-0.15, -0.1) is 17.9 Å². The van der Waals surface area contributed by atoms with Gasteiger partial charge in [0, 0.05) is 17.5 Å². The Morgan fingerprint density at radius 2 is 2.06 bits per heavy atom. The number of amides is 1. The molecule has 0 saturated heterocycles. The maximum absolute atomic E-state index is 12.8. The zero-order chi connectivity index (χ0) is 22.2. The largest absolute Gasteiger partial charge is 0.482 e. The van der Waals surface area contributed by atoms with Crippen LogP contribution in [0.15, 0.2) is 59.3 Å². The van der Waals surface area contributed by atoms with Gasteiger partial charge in [-0.25, -0.2) is 13.4 Å². The zero-order valence-corrected chi connectivity index (χ0v) is 18.7. The quantitative estimate of drug-likeness (QED) is 0.565. The highest BCUT2D eigenvalue weighted by molar-refractivity contribution is 7.93. The predicted octanol–water partition coefficient (Wildman–Crippen LogP) is 4.14. The highest BCUT2D eigenvalue weighted by atomic mass is 32.2. The van der Waals surface area contributed by atoms with E-state index in [9.17, 15) is 13.2 Å². The number of nitrogens with zero attached hydrogens (tertiary/aromatic N) is 2. The summed E-state index contributed by atoms with van der Waals surface area (Å²) < 4.78 is 33.8. The standard InChI is InChI=1S/C22H21N3O4S2/c1-4-9-25-18-11-16(7-8-19(18)29-12-21(25)26)17-13-30-22(23-17)24-31(27,28)20-10-14(2)5-6-15(20)3/h4-8,10-11,13H,1,9,12H2,2-3H3,(H,23,24). The van der Waals surface area contributed by atoms with Crippen molar-refractivity contribution in [2.45, 2.75) is 18.7 Å². The Hall–Kier alpha value is -3.17. The molecule has 9 heteroatoms. The van der Waals surface area contributed by atoms with Gasteiger partial charge in [0.15, 0.2) is 11.7 Å². The lowest BCUT2D eigenvalue weighted by Gasteiger charge is -2.28. The van der Waals surface area contributed by atoms with Gasteiger partial charge >= 0.3 is 0 Å². The number of ether oxygens (including phenoxy) is 1. The molecule has 7 nitrogen and oxygen atoms in total. The van der Waals surface area contributed by atoms with Gasteiger partial charge in [-0.05, 0) is 49.2 Å². The number of sulfonamides is 1. The van der Waals surface area contributed by atoms with Crippen molar-refractivity contribution in [2.75, 3.05) is 22.8 Å². The maximum Gasteiger partial charge on any atom is 0.265 e. The average molecular weight is 456 g/mol. The van der Waals surface area contributed by atoms with Gasteiger partial charge in [0.2, 0.25) is 0 Å². The fourth-order valence-electron chi connectivity index (χ4n) is 3.31. The summed E-state index contributed by atoms with van der Waals surface area (Å²) >= 11 is 1.20. The van der Waals surface area contributed by atoms with E-state index in [-0.39, 0.29) is 22.5 Å². The topological polar surface area (TPSA) is 88.6 Å². The van der Waals surface area contributed by atoms with E-state index in [0.29, 0.717) is 29.2 Å². The highest BCUT2D eigenvalue weighted by Gasteiger charge is 2.25. The van der Waals surface area contributed by atoms with Crippen LogP contribution in [-0.2, 0) is 14.8 Å². The van der Waals surface area contributed by atoms with Crippen LogP contribution >= 0.6 is 11.3 Å². The van der Waals surface area contributed by atoms with Crippen molar-refractivity contribution in [2.24, 2.45) is 0 Å². The number of carbonyl (C=O) groups is 1. The molecule has 0 atom stereocenters. The van der Waals surface area contributed by atoms with Crippen LogP contribution in [0.3, 0.4) is 0 Å². The number of nitrogens with one attached hydrogen (secondary N) is 1. The third kappa shape index (κ3) is 4.19. The molecule has 2 aromatic carbocycles. The van der Waals surface area contributed by atoms with Crippen molar-refractivity contribution in [3.05, 3.63) is 65.6 Å². The Bertz CT molecular complexity index is 1280. The van der Waals surface area contributed by atoms with Gasteiger partial charge in [-0.2, -0.15) is 0 Å². The molecule has 0 bridgehead atoms. The van der Waals surface area contributed by atoms with Crippen molar-refractivity contribution in [3.8, 4) is 17.0 Å². The molecule has 0 spiro atoms. The van der Waals surface area contributed by atoms with Crippen molar-refractivity contribution < 1.29 is 17.9 Å². The summed E-state index contributed by atoms with van der Waals surface area (Å²) in [6.07, 6.45) is 1.66. The Morgan fingerprint density at radius 1 is 1.26 bits per heavy atom. The number of fused-ring (bicyclic) bond motifs is 1. The van der Waals surface area contributed by atoms with E-state index in [0.717, 1.165) is 11.1 Å². The number of aromatic nitrogens is 1. The summed E-state index contributed by atoms with van der Waals surface area (Å²) in [5.41, 5.74) is 3.51. The summed E-state index contributed by atoms with van der Waals surface area (Å²) in [5.74, 6) is 0.459. The summed E-state index contributed by atoms with van der Waals surface area (Å²) in [4.78, 5) is 18.5. The first-order chi connectivity index (χ1) is 14.8. The molecule has 0 saturated carbocycles. The molecule has 1 amide bonds. The summed E-state index contributed by atoms with van der Waals surface area (Å²) in [6, 6.07) is 10.7. The number of aryl methyl sites for hydroxylation is 2. The number of anilines is 2. The molecule has 1 aliphatic heterocycles. The minimum absolute atomic E-state index is 0.0127. The number of benzene rings is 2. The van der Waals surface area contributed by atoms with E-state index in [1.165, 1.54) is 11.3 Å². The molecule has 0 unspecified atom stereocenters. The van der Waals surface area contributed by atoms with Crippen molar-refractivity contribution >= 4 is 38.1 Å². The van der Waals surface area contributed by atoms with Crippen LogP contribution < -0.4 is 14.4 Å². The van der Waals surface area contributed by atoms with Crippen molar-refractivity contribution in [3.63, 3.8) is 0 Å². The highest BCUT2D eigenvalue weighted by Crippen LogP contribution is 2.37. The van der Waals surface area contributed by atoms with E-state index in [1.54, 1.807) is 41.5 Å². The van der Waals surface area contributed by atoms with Gasteiger partial charge in [0.25, 0.3) is 15.9 Å². The maximum atomic E-state index is 12.8. The van der Waals surface area contributed by atoms with Crippen LogP contribution in [0.25, 0.3) is 11.3 Å². The summed E-state index contributed by atoms with van der Waals surface area (Å²) in [5, 5.41) is 2.04. The Balaban J connectivity index is 1.63. The summed E-state index contributed by atoms with van der Waals surface area (Å²) in [7, 11) is -3.76. The number of hydrogen-bond acceptors (Lipinski definition) is 6. The molecule has 1 aliphatic rings. The van der Waals surface area contributed by atoms with Crippen LogP contribution in [-0.4, -0.2) is 32.5 Å². The third-order valence-electron chi connectivity index (χ3n) is 4.87. The number of carbonyl (C=O) groups excluding carboxylic acids is 1. The van der Waals surface area contributed by atoms with E-state index < -0.39 is 10.0 Å². The minimum atomic E-state index is -3.76. The first kappa shape index (κ1) is 21.1. The van der Waals surface area contributed by atoms with E-state index in [1.807, 2.05) is 25.1 Å². The molecule has 1 aromatic heterocycles. The SMILES string of the molecule is C=CCN1C(=O)COc2ccc(-c3csc(NS(=O)(=O)c4cc(C)ccc4C)n3)cc21. The first-order valence-electron chi connectivity index (χ1n) is 9.52. The number of hydrogen-bond donors (Lipinski definition) is 1. The minimum Gasteiger partial charge on any atom is -0.482 e. The van der Waals surface area contributed by atoms with Gasteiger partial charge in [-0.3, -0.25) is 9.52 Å². The molecular weight excluding hydrogens is 434 g/mol. The van der Waals surface area contributed by atoms with Crippen molar-refractivity contribution in [1.29, 1.82) is 0 Å². The Morgan fingerprint density at radius 3 is 2.84 bits per heavy atom. The second kappa shape index (κ2) is 8.16. The smallest absolute Gasteiger partial charge is 0.265 e. The molecule has 4 rings (SSSR count). The molecule has 1 N–H and O–H groups in total. The lowest BCUT2D eigenvalue weighted by atomic mass is 10.1. The molecule has 0 aliphatic carbocycles. The van der Waals surface area contributed by atoms with E-state index in [2.05, 4.69) is 16.3 Å². The third-order valence-corrected chi connectivity index (χ3v) is 7.24. The molecular formula is C22H21N3O4S2. The average Bonchev–Trinajstić information content (AvgIpc) is 3.19. The molecule has 3 aromatic rings. The Labute approximate surface area is 185 Å². The normalized spacial score (nSPS) is 13.5. The molecule has 0 fully saturated rings. The molecule has 160 valence electrons. The van der Waals surface area contributed by atoms with Crippen LogP contribution in [0.4, 0.5) is 10.8 Å². The monoisotopic (exact) mass is 455 g/mol. The van der Waals surface area contributed by atoms with Gasteiger partial charge in [-0.1, -0.05) is 18.2 Å². The summed E-state index contributed by atoms with van der Waals surface area (Å²) in [6.45, 7) is 7.67. The number of thiazole rings is 1. The van der Waals surface area contributed by atoms with Crippen LogP contribution in [0.2, 0.25) is 0 Å². The van der Waals surface area contributed by atoms with Gasteiger partial charge < -0.3 is 9.64 Å². The van der Waals surface area contributed by atoms with E-state index in [4.69, 9.17) is 4.74 Å². The van der Waals surface area contributed by atoms with Crippen LogP contribution in [0, 0.1) is 13.8 Å². The second-order valence-corrected chi connectivity index (χ2v) is 9.69. The van der Waals surface area contributed by atoms with Crippen LogP contribution in [0.5, 0.6) is 5.75 Å². The van der Waals surface area contributed by atoms with Gasteiger partial charge in [0.05, 0.1) is 16.3 Å². The molecule has 2 heterocycles. The molecule has 31 heavy (non-hydrogen) atoms. The zero-order valence-electron chi connectivity index (χ0n) is 17.1. The second-order valence-electron chi connectivity index (χ2n) is 7.18. The van der Waals surface area contributed by atoms with Gasteiger partial charge in [0.1, 0.15) is 5.75 Å².